The van der Waals surface area contributed by atoms with Crippen molar-refractivity contribution in [1.29, 1.82) is 0 Å². The van der Waals surface area contributed by atoms with E-state index in [4.69, 9.17) is 23.4 Å². The Balaban J connectivity index is 1.46. The number of halogens is 1. The molecular weight excluding hydrogens is 426 g/mol. The zero-order chi connectivity index (χ0) is 26.6. The van der Waals surface area contributed by atoms with Gasteiger partial charge in [0, 0.05) is 11.1 Å². The van der Waals surface area contributed by atoms with Crippen molar-refractivity contribution in [3.63, 3.8) is 0 Å². The van der Waals surface area contributed by atoms with Gasteiger partial charge in [0.25, 0.3) is 0 Å². The largest absolute Gasteiger partial charge is 0.226 e. The quantitative estimate of drug-likeness (QED) is 0.277. The lowest BCUT2D eigenvalue weighted by atomic mass is 10.00. The number of benzene rings is 5. The minimum Gasteiger partial charge on any atom is -0.208 e. The molecule has 6 aromatic rings. The first-order valence-electron chi connectivity index (χ1n) is 12.8. The van der Waals surface area contributed by atoms with Gasteiger partial charge in [-0.3, -0.25) is 0 Å². The molecule has 0 aliphatic carbocycles. The van der Waals surface area contributed by atoms with Crippen LogP contribution in [0.25, 0.3) is 55.4 Å². The fourth-order valence-corrected chi connectivity index (χ4v) is 4.03. The van der Waals surface area contributed by atoms with Crippen LogP contribution in [0.15, 0.2) is 109 Å². The molecule has 0 saturated heterocycles. The highest BCUT2D eigenvalue weighted by atomic mass is 35.5. The maximum Gasteiger partial charge on any atom is 0.226 e. The molecule has 5 aromatic carbocycles. The summed E-state index contributed by atoms with van der Waals surface area (Å²) in [7, 11) is 0. The summed E-state index contributed by atoms with van der Waals surface area (Å²) in [5, 5.41) is 3.97. The van der Waals surface area contributed by atoms with E-state index in [1.807, 2.05) is 66.7 Å². The Morgan fingerprint density at radius 2 is 1.06 bits per heavy atom. The summed E-state index contributed by atoms with van der Waals surface area (Å²) in [4.78, 5) is 13.4. The molecule has 0 fully saturated rings. The lowest BCUT2D eigenvalue weighted by Crippen LogP contribution is -1.97. The van der Waals surface area contributed by atoms with Crippen molar-refractivity contribution in [3.8, 4) is 33.9 Å². The SMILES string of the molecule is [2H]c1c([2H])c([2H])c(-c2ccc3ccc(-c4nc(Cl)nc(-c5ccc6ccccc6c5)n4)cc3c2)c([2H])c1[2H]. The third-order valence-corrected chi connectivity index (χ3v) is 5.67. The Morgan fingerprint density at radius 3 is 1.76 bits per heavy atom. The minimum absolute atomic E-state index is 0.0751. The molecule has 0 aliphatic rings. The molecule has 1 heterocycles. The maximum absolute atomic E-state index is 8.32. The molecule has 0 spiro atoms. The summed E-state index contributed by atoms with van der Waals surface area (Å²) >= 11 is 6.31. The molecule has 0 bridgehead atoms. The number of nitrogens with zero attached hydrogens (tertiary/aromatic N) is 3. The first-order chi connectivity index (χ1) is 18.3. The van der Waals surface area contributed by atoms with Crippen LogP contribution in [0.2, 0.25) is 5.28 Å². The van der Waals surface area contributed by atoms with Crippen LogP contribution in [0, 0.1) is 0 Å². The highest BCUT2D eigenvalue weighted by Gasteiger charge is 2.11. The van der Waals surface area contributed by atoms with Gasteiger partial charge in [0.2, 0.25) is 5.28 Å². The third-order valence-electron chi connectivity index (χ3n) is 5.50. The Labute approximate surface area is 203 Å². The van der Waals surface area contributed by atoms with Gasteiger partial charge in [0.05, 0.1) is 6.85 Å². The molecule has 3 nitrogen and oxygen atoms in total. The van der Waals surface area contributed by atoms with Crippen molar-refractivity contribution in [1.82, 2.24) is 15.0 Å². The smallest absolute Gasteiger partial charge is 0.208 e. The van der Waals surface area contributed by atoms with Gasteiger partial charge in [-0.05, 0) is 62.5 Å². The number of hydrogen-bond donors (Lipinski definition) is 0. The normalized spacial score (nSPS) is 13.3. The molecule has 0 aliphatic heterocycles. The van der Waals surface area contributed by atoms with Crippen molar-refractivity contribution >= 4 is 33.1 Å². The maximum atomic E-state index is 8.32. The first kappa shape index (κ1) is 14.9. The average Bonchev–Trinajstić information content (AvgIpc) is 2.94. The van der Waals surface area contributed by atoms with E-state index in [9.17, 15) is 0 Å². The van der Waals surface area contributed by atoms with E-state index >= 15 is 0 Å². The monoisotopic (exact) mass is 448 g/mol. The van der Waals surface area contributed by atoms with E-state index in [1.165, 1.54) is 0 Å². The fourth-order valence-electron chi connectivity index (χ4n) is 3.87. The predicted octanol–water partition coefficient (Wildman–Crippen LogP) is 7.83. The van der Waals surface area contributed by atoms with E-state index in [0.29, 0.717) is 22.8 Å². The van der Waals surface area contributed by atoms with Crippen molar-refractivity contribution in [3.05, 3.63) is 114 Å². The lowest BCUT2D eigenvalue weighted by molar-refractivity contribution is 1.07. The summed E-state index contributed by atoms with van der Waals surface area (Å²) in [6.07, 6.45) is 0. The predicted molar refractivity (Wildman–Crippen MR) is 136 cm³/mol. The summed E-state index contributed by atoms with van der Waals surface area (Å²) in [5.41, 5.74) is 2.21. The van der Waals surface area contributed by atoms with E-state index in [1.54, 1.807) is 12.1 Å². The van der Waals surface area contributed by atoms with Crippen LogP contribution in [0.5, 0.6) is 0 Å². The van der Waals surface area contributed by atoms with E-state index < -0.39 is 6.04 Å². The lowest BCUT2D eigenvalue weighted by Gasteiger charge is -2.08. The summed E-state index contributed by atoms with van der Waals surface area (Å²) in [5.74, 6) is 0.863. The average molecular weight is 449 g/mol. The van der Waals surface area contributed by atoms with Crippen molar-refractivity contribution in [2.24, 2.45) is 0 Å². The van der Waals surface area contributed by atoms with Crippen LogP contribution in [-0.2, 0) is 0 Å². The Morgan fingerprint density at radius 1 is 0.515 bits per heavy atom. The molecule has 4 heteroatoms. The van der Waals surface area contributed by atoms with Gasteiger partial charge in [0.1, 0.15) is 0 Å². The van der Waals surface area contributed by atoms with E-state index in [0.717, 1.165) is 27.1 Å². The van der Waals surface area contributed by atoms with Crippen LogP contribution in [0.3, 0.4) is 0 Å². The van der Waals surface area contributed by atoms with Gasteiger partial charge in [-0.15, -0.1) is 0 Å². The minimum atomic E-state index is -0.416. The fraction of sp³-hybridized carbons (Fsp3) is 0. The molecule has 6 rings (SSSR count). The second-order valence-electron chi connectivity index (χ2n) is 7.59. The molecule has 0 N–H and O–H groups in total. The van der Waals surface area contributed by atoms with E-state index in [-0.39, 0.29) is 35.0 Å². The van der Waals surface area contributed by atoms with Crippen LogP contribution in [0.4, 0.5) is 0 Å². The van der Waals surface area contributed by atoms with Gasteiger partial charge >= 0.3 is 0 Å². The van der Waals surface area contributed by atoms with Gasteiger partial charge in [-0.25, -0.2) is 4.98 Å². The van der Waals surface area contributed by atoms with Gasteiger partial charge in [-0.1, -0.05) is 90.9 Å². The molecule has 33 heavy (non-hydrogen) atoms. The number of fused-ring (bicyclic) bond motifs is 2. The number of hydrogen-bond acceptors (Lipinski definition) is 3. The van der Waals surface area contributed by atoms with Crippen LogP contribution >= 0.6 is 11.6 Å². The molecule has 0 atom stereocenters. The third kappa shape index (κ3) is 3.84. The van der Waals surface area contributed by atoms with Gasteiger partial charge in [0.15, 0.2) is 11.6 Å². The Bertz CT molecular complexity index is 1880. The highest BCUT2D eigenvalue weighted by molar-refractivity contribution is 6.28. The Hall–Kier alpha value is -4.08. The molecule has 156 valence electrons. The van der Waals surface area contributed by atoms with Crippen LogP contribution in [-0.4, -0.2) is 15.0 Å². The standard InChI is InChI=1S/C29H18ClN3/c30-29-32-27(24-14-11-20-8-4-5-9-22(20)16-24)31-28(33-29)25-15-12-21-10-13-23(17-26(21)18-25)19-6-2-1-3-7-19/h1-18H/i1D,2D,3D,6D,7D. The summed E-state index contributed by atoms with van der Waals surface area (Å²) in [6.45, 7) is 0. The highest BCUT2D eigenvalue weighted by Crippen LogP contribution is 2.29. The zero-order valence-electron chi connectivity index (χ0n) is 22.2. The van der Waals surface area contributed by atoms with Gasteiger partial charge in [-0.2, -0.15) is 9.97 Å². The second-order valence-corrected chi connectivity index (χ2v) is 7.93. The van der Waals surface area contributed by atoms with Crippen molar-refractivity contribution in [2.45, 2.75) is 0 Å². The first-order valence-corrected chi connectivity index (χ1v) is 10.7. The topological polar surface area (TPSA) is 38.7 Å². The molecule has 0 unspecified atom stereocenters. The van der Waals surface area contributed by atoms with Crippen LogP contribution in [0.1, 0.15) is 6.85 Å². The Kier molecular flexibility index (Phi) is 3.66. The van der Waals surface area contributed by atoms with E-state index in [2.05, 4.69) is 9.97 Å². The molecule has 0 saturated carbocycles. The number of aromatic nitrogens is 3. The molecule has 1 aromatic heterocycles. The summed E-state index contributed by atoms with van der Waals surface area (Å²) < 4.78 is 40.5. The van der Waals surface area contributed by atoms with Gasteiger partial charge < -0.3 is 0 Å². The zero-order valence-corrected chi connectivity index (χ0v) is 18.0. The molecular formula is C29H18ClN3. The molecule has 0 amide bonds. The second kappa shape index (κ2) is 8.12. The van der Waals surface area contributed by atoms with Crippen molar-refractivity contribution in [2.75, 3.05) is 0 Å². The van der Waals surface area contributed by atoms with Crippen LogP contribution < -0.4 is 0 Å². The summed E-state index contributed by atoms with van der Waals surface area (Å²) in [6, 6.07) is 23.5. The van der Waals surface area contributed by atoms with Crippen molar-refractivity contribution < 1.29 is 6.85 Å². The molecule has 0 radical (unpaired) electrons. The number of rotatable bonds is 3.